The molecular formula is C24H31N7O3. The van der Waals surface area contributed by atoms with Gasteiger partial charge in [0.2, 0.25) is 11.9 Å². The first-order valence-electron chi connectivity index (χ1n) is 11.4. The van der Waals surface area contributed by atoms with E-state index in [0.717, 1.165) is 29.9 Å². The molecule has 3 heterocycles. The molecule has 2 amide bonds. The molecule has 0 saturated carbocycles. The van der Waals surface area contributed by atoms with Gasteiger partial charge in [0.05, 0.1) is 28.5 Å². The molecule has 10 heteroatoms. The van der Waals surface area contributed by atoms with Gasteiger partial charge >= 0.3 is 0 Å². The number of nitrogens with one attached hydrogen (secondary N) is 1. The van der Waals surface area contributed by atoms with Crippen molar-refractivity contribution in [1.82, 2.24) is 19.3 Å². The van der Waals surface area contributed by atoms with Crippen LogP contribution in [0.15, 0.2) is 30.9 Å². The molecular weight excluding hydrogens is 434 g/mol. The molecule has 1 aromatic carbocycles. The molecule has 0 saturated heterocycles. The van der Waals surface area contributed by atoms with Crippen LogP contribution < -0.4 is 16.0 Å². The van der Waals surface area contributed by atoms with E-state index in [0.29, 0.717) is 48.8 Å². The number of carbonyl (C=O) groups excluding carboxylic acids is 2. The molecule has 0 aliphatic carbocycles. The highest BCUT2D eigenvalue weighted by Gasteiger charge is 2.31. The monoisotopic (exact) mass is 465 g/mol. The Morgan fingerprint density at radius 2 is 2.15 bits per heavy atom. The molecule has 0 spiro atoms. The molecule has 10 nitrogen and oxygen atoms in total. The van der Waals surface area contributed by atoms with Crippen molar-refractivity contribution in [1.29, 1.82) is 0 Å². The second-order valence-corrected chi connectivity index (χ2v) is 8.44. The Hall–Kier alpha value is -3.66. The number of aromatic nitrogens is 4. The van der Waals surface area contributed by atoms with Crippen LogP contribution >= 0.6 is 0 Å². The molecule has 34 heavy (non-hydrogen) atoms. The summed E-state index contributed by atoms with van der Waals surface area (Å²) in [7, 11) is 1.68. The van der Waals surface area contributed by atoms with Gasteiger partial charge in [-0.1, -0.05) is 6.08 Å². The topological polar surface area (TPSA) is 120 Å². The Morgan fingerprint density at radius 3 is 2.82 bits per heavy atom. The fourth-order valence-electron chi connectivity index (χ4n) is 4.59. The van der Waals surface area contributed by atoms with Gasteiger partial charge in [-0.3, -0.25) is 19.6 Å². The number of amides is 2. The van der Waals surface area contributed by atoms with Gasteiger partial charge in [0.15, 0.2) is 0 Å². The summed E-state index contributed by atoms with van der Waals surface area (Å²) < 4.78 is 8.94. The highest BCUT2D eigenvalue weighted by atomic mass is 16.5. The number of carbonyl (C=O) groups is 2. The standard InChI is InChI=1S/C24H31N7O3/c1-5-8-17-14-29(9-7-10-34-4)19-13-16(22(25)32)12-18-21(19)31(17)24(26-18)27-23(33)20-11-15(3)28-30(20)6-2/h5,11-13,17H,1,6-10,14H2,2-4H3,(H2,25,32)(H,26,27,33)/t17-/m0/s1. The summed E-state index contributed by atoms with van der Waals surface area (Å²) in [5, 5.41) is 7.35. The van der Waals surface area contributed by atoms with Crippen LogP contribution in [0.5, 0.6) is 0 Å². The summed E-state index contributed by atoms with van der Waals surface area (Å²) >= 11 is 0. The van der Waals surface area contributed by atoms with Crippen LogP contribution in [0.4, 0.5) is 11.6 Å². The van der Waals surface area contributed by atoms with Gasteiger partial charge in [-0.2, -0.15) is 5.10 Å². The Kier molecular flexibility index (Phi) is 6.69. The Morgan fingerprint density at radius 1 is 1.35 bits per heavy atom. The zero-order valence-electron chi connectivity index (χ0n) is 19.9. The second kappa shape index (κ2) is 9.68. The van der Waals surface area contributed by atoms with Crippen molar-refractivity contribution in [3.8, 4) is 0 Å². The quantitative estimate of drug-likeness (QED) is 0.351. The first kappa shape index (κ1) is 23.5. The minimum Gasteiger partial charge on any atom is -0.385 e. The van der Waals surface area contributed by atoms with Gasteiger partial charge < -0.3 is 19.9 Å². The van der Waals surface area contributed by atoms with Crippen LogP contribution in [0.25, 0.3) is 11.0 Å². The van der Waals surface area contributed by atoms with Crippen molar-refractivity contribution in [2.24, 2.45) is 5.73 Å². The third-order valence-corrected chi connectivity index (χ3v) is 6.06. The summed E-state index contributed by atoms with van der Waals surface area (Å²) in [6.07, 6.45) is 3.39. The molecule has 2 aromatic heterocycles. The molecule has 1 atom stereocenters. The van der Waals surface area contributed by atoms with Crippen LogP contribution in [-0.4, -0.2) is 58.0 Å². The van der Waals surface area contributed by atoms with E-state index in [1.807, 2.05) is 24.5 Å². The lowest BCUT2D eigenvalue weighted by Crippen LogP contribution is -2.37. The first-order chi connectivity index (χ1) is 16.4. The highest BCUT2D eigenvalue weighted by molar-refractivity contribution is 6.05. The molecule has 3 aromatic rings. The van der Waals surface area contributed by atoms with Gasteiger partial charge in [-0.15, -0.1) is 6.58 Å². The number of benzene rings is 1. The van der Waals surface area contributed by atoms with E-state index in [-0.39, 0.29) is 11.9 Å². The number of hydrogen-bond donors (Lipinski definition) is 2. The van der Waals surface area contributed by atoms with E-state index in [9.17, 15) is 9.59 Å². The zero-order valence-corrected chi connectivity index (χ0v) is 19.9. The number of methoxy groups -OCH3 is 1. The third kappa shape index (κ3) is 4.28. The summed E-state index contributed by atoms with van der Waals surface area (Å²) in [6.45, 7) is 10.4. The zero-order chi connectivity index (χ0) is 24.4. The lowest BCUT2D eigenvalue weighted by molar-refractivity contribution is 0.0996. The van der Waals surface area contributed by atoms with E-state index in [1.54, 1.807) is 30.0 Å². The van der Waals surface area contributed by atoms with Gasteiger partial charge in [0.1, 0.15) is 5.69 Å². The summed E-state index contributed by atoms with van der Waals surface area (Å²) in [5.41, 5.74) is 9.56. The van der Waals surface area contributed by atoms with Crippen molar-refractivity contribution in [3.63, 3.8) is 0 Å². The maximum Gasteiger partial charge on any atom is 0.276 e. The average Bonchev–Trinajstić information content (AvgIpc) is 3.37. The molecule has 4 rings (SSSR count). The molecule has 1 aliphatic heterocycles. The number of primary amides is 1. The smallest absolute Gasteiger partial charge is 0.276 e. The second-order valence-electron chi connectivity index (χ2n) is 8.44. The SMILES string of the molecule is C=CC[C@H]1CN(CCCOC)c2cc(C(N)=O)cc3nc(NC(=O)c4cc(C)nn4CC)n1c23. The predicted octanol–water partition coefficient (Wildman–Crippen LogP) is 2.89. The fourth-order valence-corrected chi connectivity index (χ4v) is 4.59. The van der Waals surface area contributed by atoms with E-state index in [2.05, 4.69) is 21.9 Å². The number of anilines is 2. The number of allylic oxidation sites excluding steroid dienone is 1. The lowest BCUT2D eigenvalue weighted by Gasteiger charge is -2.36. The molecule has 0 bridgehead atoms. The van der Waals surface area contributed by atoms with Gasteiger partial charge in [0, 0.05) is 38.9 Å². The maximum atomic E-state index is 13.2. The number of ether oxygens (including phenoxy) is 1. The summed E-state index contributed by atoms with van der Waals surface area (Å²) in [5.74, 6) is -0.385. The van der Waals surface area contributed by atoms with Crippen LogP contribution in [0.1, 0.15) is 52.3 Å². The molecule has 1 aliphatic rings. The van der Waals surface area contributed by atoms with Crippen LogP contribution in [0, 0.1) is 6.92 Å². The number of imidazole rings is 1. The van der Waals surface area contributed by atoms with Crippen molar-refractivity contribution in [3.05, 3.63) is 47.8 Å². The molecule has 0 unspecified atom stereocenters. The van der Waals surface area contributed by atoms with Crippen molar-refractivity contribution in [2.45, 2.75) is 39.3 Å². The largest absolute Gasteiger partial charge is 0.385 e. The molecule has 0 fully saturated rings. The van der Waals surface area contributed by atoms with Crippen LogP contribution in [0.3, 0.4) is 0 Å². The van der Waals surface area contributed by atoms with Crippen molar-refractivity contribution >= 4 is 34.5 Å². The maximum absolute atomic E-state index is 13.2. The summed E-state index contributed by atoms with van der Waals surface area (Å²) in [6, 6.07) is 5.25. The van der Waals surface area contributed by atoms with E-state index in [1.165, 1.54) is 0 Å². The minimum absolute atomic E-state index is 0.00472. The number of nitrogens with two attached hydrogens (primary N) is 1. The first-order valence-corrected chi connectivity index (χ1v) is 11.4. The number of rotatable bonds is 10. The predicted molar refractivity (Wildman–Crippen MR) is 131 cm³/mol. The number of aryl methyl sites for hydroxylation is 2. The average molecular weight is 466 g/mol. The normalized spacial score (nSPS) is 15.0. The van der Waals surface area contributed by atoms with Crippen LogP contribution in [-0.2, 0) is 11.3 Å². The Balaban J connectivity index is 1.83. The number of hydrogen-bond acceptors (Lipinski definition) is 6. The molecule has 0 radical (unpaired) electrons. The lowest BCUT2D eigenvalue weighted by atomic mass is 10.0. The van der Waals surface area contributed by atoms with Gasteiger partial charge in [-0.05, 0) is 44.9 Å². The number of nitrogens with zero attached hydrogens (tertiary/aromatic N) is 5. The van der Waals surface area contributed by atoms with E-state index in [4.69, 9.17) is 15.5 Å². The minimum atomic E-state index is -0.523. The van der Waals surface area contributed by atoms with Crippen molar-refractivity contribution in [2.75, 3.05) is 37.0 Å². The third-order valence-electron chi connectivity index (χ3n) is 6.06. The highest BCUT2D eigenvalue weighted by Crippen LogP contribution is 2.39. The Labute approximate surface area is 198 Å². The van der Waals surface area contributed by atoms with Gasteiger partial charge in [-0.25, -0.2) is 4.98 Å². The fraction of sp³-hybridized carbons (Fsp3) is 0.417. The van der Waals surface area contributed by atoms with E-state index >= 15 is 0 Å². The van der Waals surface area contributed by atoms with Crippen molar-refractivity contribution < 1.29 is 14.3 Å². The van der Waals surface area contributed by atoms with Gasteiger partial charge in [0.25, 0.3) is 5.91 Å². The molecule has 180 valence electrons. The van der Waals surface area contributed by atoms with E-state index < -0.39 is 5.91 Å². The summed E-state index contributed by atoms with van der Waals surface area (Å²) in [4.78, 5) is 32.2. The Bertz CT molecular complexity index is 1240. The molecule has 3 N–H and O–H groups in total. The van der Waals surface area contributed by atoms with Crippen LogP contribution in [0.2, 0.25) is 0 Å².